The third-order valence-electron chi connectivity index (χ3n) is 11.4. The minimum atomic E-state index is -0.935. The van der Waals surface area contributed by atoms with E-state index in [1.165, 1.54) is 12.3 Å². The molecule has 4 saturated heterocycles. The van der Waals surface area contributed by atoms with E-state index in [1.807, 2.05) is 30.0 Å². The first-order valence-electron chi connectivity index (χ1n) is 17.6. The molecule has 0 spiro atoms. The van der Waals surface area contributed by atoms with Crippen LogP contribution in [0.3, 0.4) is 0 Å². The van der Waals surface area contributed by atoms with E-state index < -0.39 is 23.3 Å². The molecule has 0 bridgehead atoms. The molecule has 2 aromatic carbocycles. The molecule has 0 N–H and O–H groups in total. The summed E-state index contributed by atoms with van der Waals surface area (Å²) in [7, 11) is 3.91. The number of hydrogen-bond acceptors (Lipinski definition) is 8. The Labute approximate surface area is 295 Å². The van der Waals surface area contributed by atoms with E-state index in [-0.39, 0.29) is 47.4 Å². The van der Waals surface area contributed by atoms with Crippen molar-refractivity contribution in [3.63, 3.8) is 0 Å². The van der Waals surface area contributed by atoms with Crippen molar-refractivity contribution in [1.82, 2.24) is 29.7 Å². The van der Waals surface area contributed by atoms with E-state index >= 15 is 4.39 Å². The van der Waals surface area contributed by atoms with Gasteiger partial charge in [0.15, 0.2) is 5.82 Å². The number of halogens is 3. The van der Waals surface area contributed by atoms with Crippen LogP contribution in [0.5, 0.6) is 6.01 Å². The van der Waals surface area contributed by atoms with Gasteiger partial charge in [-0.1, -0.05) is 36.3 Å². The normalized spacial score (nSPS) is 25.1. The maximum Gasteiger partial charge on any atom is 0.319 e. The molecule has 8 rings (SSSR count). The lowest BCUT2D eigenvalue weighted by Gasteiger charge is -2.35. The van der Waals surface area contributed by atoms with Gasteiger partial charge in [-0.15, -0.1) is 6.42 Å². The van der Waals surface area contributed by atoms with Gasteiger partial charge in [0, 0.05) is 75.0 Å². The molecule has 1 unspecified atom stereocenters. The monoisotopic (exact) mass is 695 g/mol. The number of likely N-dealkylation sites (N-methyl/N-ethyl adjacent to an activating group) is 2. The number of hydrogen-bond donors (Lipinski definition) is 0. The molecular formula is C39H40F3N7O2. The van der Waals surface area contributed by atoms with E-state index in [1.54, 1.807) is 30.3 Å². The number of likely N-dealkylation sites (tertiary alicyclic amines) is 2. The lowest BCUT2D eigenvalue weighted by Crippen LogP contribution is -2.43. The Morgan fingerprint density at radius 2 is 2.02 bits per heavy atom. The number of ether oxygens (including phenoxy) is 1. The fraction of sp³-hybridized carbons (Fsp3) is 0.436. The topological polar surface area (TPSA) is 77.9 Å². The molecule has 0 aliphatic carbocycles. The molecule has 4 aliphatic rings. The van der Waals surface area contributed by atoms with Crippen molar-refractivity contribution in [2.75, 3.05) is 58.3 Å². The van der Waals surface area contributed by atoms with Crippen LogP contribution < -0.4 is 9.64 Å². The second kappa shape index (κ2) is 13.1. The number of anilines is 1. The third kappa shape index (κ3) is 5.86. The molecule has 4 atom stereocenters. The number of terminal acetylenes is 1. The zero-order chi connectivity index (χ0) is 35.4. The minimum Gasteiger partial charge on any atom is -0.461 e. The average molecular weight is 696 g/mol. The maximum absolute atomic E-state index is 16.9. The third-order valence-corrected chi connectivity index (χ3v) is 11.4. The zero-order valence-corrected chi connectivity index (χ0v) is 28.8. The predicted octanol–water partition coefficient (Wildman–Crippen LogP) is 5.36. The summed E-state index contributed by atoms with van der Waals surface area (Å²) in [6.45, 7) is 3.40. The van der Waals surface area contributed by atoms with Crippen LogP contribution in [0, 0.1) is 24.0 Å². The van der Waals surface area contributed by atoms with Gasteiger partial charge in [0.25, 0.3) is 0 Å². The number of rotatable bonds is 8. The molecule has 51 heavy (non-hydrogen) atoms. The lowest BCUT2D eigenvalue weighted by atomic mass is 9.95. The maximum atomic E-state index is 16.9. The summed E-state index contributed by atoms with van der Waals surface area (Å²) in [5, 5.41) is 1.38. The van der Waals surface area contributed by atoms with Crippen LogP contribution in [0.4, 0.5) is 19.0 Å². The average Bonchev–Trinajstić information content (AvgIpc) is 3.85. The Kier molecular flexibility index (Phi) is 8.59. The molecule has 12 heteroatoms. The van der Waals surface area contributed by atoms with Crippen molar-refractivity contribution in [3.8, 4) is 29.6 Å². The minimum absolute atomic E-state index is 0.0171. The molecule has 6 heterocycles. The molecule has 4 aliphatic heterocycles. The van der Waals surface area contributed by atoms with Crippen LogP contribution in [-0.4, -0.2) is 113 Å². The largest absolute Gasteiger partial charge is 0.461 e. The molecule has 2 aromatic heterocycles. The van der Waals surface area contributed by atoms with Crippen molar-refractivity contribution >= 4 is 33.4 Å². The van der Waals surface area contributed by atoms with E-state index in [4.69, 9.17) is 16.1 Å². The van der Waals surface area contributed by atoms with E-state index in [0.29, 0.717) is 60.0 Å². The lowest BCUT2D eigenvalue weighted by molar-refractivity contribution is -0.125. The van der Waals surface area contributed by atoms with Crippen LogP contribution in [0.25, 0.3) is 32.9 Å². The van der Waals surface area contributed by atoms with Crippen molar-refractivity contribution < 1.29 is 22.7 Å². The number of carbonyl (C=O) groups excluding carboxylic acids is 1. The zero-order valence-electron chi connectivity index (χ0n) is 28.8. The van der Waals surface area contributed by atoms with Crippen molar-refractivity contribution in [1.29, 1.82) is 0 Å². The fourth-order valence-electron chi connectivity index (χ4n) is 8.39. The van der Waals surface area contributed by atoms with Gasteiger partial charge in [-0.25, -0.2) is 13.2 Å². The van der Waals surface area contributed by atoms with Crippen molar-refractivity contribution in [3.05, 3.63) is 65.9 Å². The summed E-state index contributed by atoms with van der Waals surface area (Å²) in [6, 6.07) is 8.23. The number of carbonyl (C=O) groups is 1. The van der Waals surface area contributed by atoms with Gasteiger partial charge >= 0.3 is 6.01 Å². The second-order valence-electron chi connectivity index (χ2n) is 14.4. The highest BCUT2D eigenvalue weighted by atomic mass is 19.1. The number of aromatic nitrogens is 3. The fourth-order valence-corrected chi connectivity index (χ4v) is 8.39. The highest BCUT2D eigenvalue weighted by Crippen LogP contribution is 2.41. The van der Waals surface area contributed by atoms with E-state index in [2.05, 4.69) is 25.7 Å². The Morgan fingerprint density at radius 1 is 1.16 bits per heavy atom. The van der Waals surface area contributed by atoms with Gasteiger partial charge in [-0.2, -0.15) is 9.97 Å². The first kappa shape index (κ1) is 33.4. The second-order valence-corrected chi connectivity index (χ2v) is 14.4. The molecule has 0 saturated carbocycles. The van der Waals surface area contributed by atoms with Crippen LogP contribution in [0.2, 0.25) is 0 Å². The quantitative estimate of drug-likeness (QED) is 0.180. The van der Waals surface area contributed by atoms with E-state index in [9.17, 15) is 13.6 Å². The highest BCUT2D eigenvalue weighted by Gasteiger charge is 2.49. The standard InChI is InChI=1S/C39H40F3N7O2/c1-4-28-31(41)11-9-24-7-5-8-29(33(24)28)35-34(42)36-30(20-43-35)37(45-38(44-36)51-23-39-15-6-16-49(39)21-25(40)19-39)47(3)27-14-18-48(22-27)32(50)12-10-26-13-17-46(26)2/h1,5,7-12,20,25-27H,6,13-19,21-23H2,2-3H3/b12-10+/t25-,26+,27-,39?/m1/s1. The number of benzene rings is 2. The van der Waals surface area contributed by atoms with Crippen LogP contribution >= 0.6 is 0 Å². The van der Waals surface area contributed by atoms with Gasteiger partial charge in [0.05, 0.1) is 16.5 Å². The summed E-state index contributed by atoms with van der Waals surface area (Å²) in [5.74, 6) is 1.48. The van der Waals surface area contributed by atoms with Crippen molar-refractivity contribution in [2.45, 2.75) is 55.9 Å². The van der Waals surface area contributed by atoms with Crippen LogP contribution in [0.15, 0.2) is 48.7 Å². The number of amides is 1. The predicted molar refractivity (Wildman–Crippen MR) is 190 cm³/mol. The highest BCUT2D eigenvalue weighted by molar-refractivity contribution is 6.02. The van der Waals surface area contributed by atoms with Crippen molar-refractivity contribution in [2.24, 2.45) is 0 Å². The molecule has 4 fully saturated rings. The van der Waals surface area contributed by atoms with Crippen LogP contribution in [-0.2, 0) is 4.79 Å². The van der Waals surface area contributed by atoms with Gasteiger partial charge in [-0.05, 0) is 50.7 Å². The Hall–Kier alpha value is -4.73. The van der Waals surface area contributed by atoms with Gasteiger partial charge in [-0.3, -0.25) is 19.6 Å². The van der Waals surface area contributed by atoms with Gasteiger partial charge in [0.1, 0.15) is 35.6 Å². The number of nitrogens with zero attached hydrogens (tertiary/aromatic N) is 7. The number of pyridine rings is 1. The summed E-state index contributed by atoms with van der Waals surface area (Å²) >= 11 is 0. The molecule has 4 aromatic rings. The molecule has 9 nitrogen and oxygen atoms in total. The van der Waals surface area contributed by atoms with Crippen LogP contribution in [0.1, 0.15) is 37.7 Å². The summed E-state index contributed by atoms with van der Waals surface area (Å²) in [5.41, 5.74) is -0.155. The Balaban J connectivity index is 1.17. The molecular weight excluding hydrogens is 655 g/mol. The number of alkyl halides is 1. The summed E-state index contributed by atoms with van der Waals surface area (Å²) in [6.07, 6.45) is 13.8. The van der Waals surface area contributed by atoms with Gasteiger partial charge in [0.2, 0.25) is 5.91 Å². The first-order chi connectivity index (χ1) is 24.7. The smallest absolute Gasteiger partial charge is 0.319 e. The summed E-state index contributed by atoms with van der Waals surface area (Å²) < 4.78 is 52.6. The number of fused-ring (bicyclic) bond motifs is 3. The Morgan fingerprint density at radius 3 is 2.80 bits per heavy atom. The van der Waals surface area contributed by atoms with E-state index in [0.717, 1.165) is 32.4 Å². The first-order valence-corrected chi connectivity index (χ1v) is 17.6. The van der Waals surface area contributed by atoms with Gasteiger partial charge < -0.3 is 14.5 Å². The summed E-state index contributed by atoms with van der Waals surface area (Å²) in [4.78, 5) is 35.1. The molecule has 264 valence electrons. The molecule has 0 radical (unpaired) electrons. The molecule has 1 amide bonds. The Bertz CT molecular complexity index is 2100. The SMILES string of the molecule is C#Cc1c(F)ccc2cccc(-c3ncc4c(N(C)[C@@H]5CCN(C(=O)/C=C/[C@H]6CCN6C)C5)nc(OCC56CCCN5C[C@H](F)C6)nc4c3F)c12.